The monoisotopic (exact) mass is 418 g/mol. The fourth-order valence-electron chi connectivity index (χ4n) is 2.54. The number of methoxy groups -OCH3 is 1. The van der Waals surface area contributed by atoms with E-state index in [1.165, 1.54) is 18.0 Å². The Balaban J connectivity index is 1.75. The Morgan fingerprint density at radius 2 is 1.89 bits per heavy atom. The molecule has 7 nitrogen and oxygen atoms in total. The van der Waals surface area contributed by atoms with Crippen LogP contribution in [0.1, 0.15) is 16.1 Å². The normalized spacial score (nSPS) is 11.7. The predicted octanol–water partition coefficient (Wildman–Crippen LogP) is 3.09. The number of esters is 1. The first-order valence-electron chi connectivity index (χ1n) is 8.28. The first kappa shape index (κ1) is 19.9. The number of rotatable bonds is 6. The molecule has 144 valence electrons. The number of benzene rings is 2. The Morgan fingerprint density at radius 3 is 2.57 bits per heavy atom. The first-order chi connectivity index (χ1) is 13.5. The molecule has 1 aromatic heterocycles. The maximum absolute atomic E-state index is 12.5. The fourth-order valence-corrected chi connectivity index (χ4v) is 2.83. The summed E-state index contributed by atoms with van der Waals surface area (Å²) in [4.78, 5) is 24.6. The van der Waals surface area contributed by atoms with Crippen LogP contribution in [0.15, 0.2) is 54.7 Å². The van der Waals surface area contributed by atoms with Gasteiger partial charge >= 0.3 is 5.97 Å². The number of hydrogen-bond acceptors (Lipinski definition) is 5. The van der Waals surface area contributed by atoms with Crippen LogP contribution in [0.2, 0.25) is 10.0 Å². The Labute approximate surface area is 171 Å². The summed E-state index contributed by atoms with van der Waals surface area (Å²) in [6.07, 6.45) is 1.73. The quantitative estimate of drug-likeness (QED) is 0.621. The third-order valence-electron chi connectivity index (χ3n) is 3.97. The van der Waals surface area contributed by atoms with Crippen LogP contribution in [-0.4, -0.2) is 40.0 Å². The molecule has 1 atom stereocenters. The second kappa shape index (κ2) is 8.86. The molecular weight excluding hydrogens is 403 g/mol. The molecule has 2 aromatic carbocycles. The molecule has 3 aromatic rings. The average Bonchev–Trinajstić information content (AvgIpc) is 3.20. The number of ether oxygens (including phenoxy) is 1. The first-order valence-corrected chi connectivity index (χ1v) is 9.04. The van der Waals surface area contributed by atoms with Gasteiger partial charge in [-0.1, -0.05) is 58.7 Å². The van der Waals surface area contributed by atoms with Crippen LogP contribution in [0, 0.1) is 0 Å². The lowest BCUT2D eigenvalue weighted by Crippen LogP contribution is -2.43. The summed E-state index contributed by atoms with van der Waals surface area (Å²) in [5.41, 5.74) is 1.53. The lowest BCUT2D eigenvalue weighted by atomic mass is 10.1. The fraction of sp³-hybridized carbons (Fsp3) is 0.158. The van der Waals surface area contributed by atoms with Gasteiger partial charge in [0.1, 0.15) is 6.04 Å². The summed E-state index contributed by atoms with van der Waals surface area (Å²) in [6.45, 7) is 0. The molecule has 1 heterocycles. The summed E-state index contributed by atoms with van der Waals surface area (Å²) in [6, 6.07) is 13.4. The number of amides is 1. The molecule has 0 aliphatic rings. The zero-order valence-corrected chi connectivity index (χ0v) is 16.3. The van der Waals surface area contributed by atoms with Crippen molar-refractivity contribution in [3.8, 4) is 5.69 Å². The van der Waals surface area contributed by atoms with E-state index in [1.807, 2.05) is 30.3 Å². The molecule has 0 spiro atoms. The van der Waals surface area contributed by atoms with E-state index in [0.29, 0.717) is 22.2 Å². The van der Waals surface area contributed by atoms with Gasteiger partial charge in [0.25, 0.3) is 5.91 Å². The molecule has 0 radical (unpaired) electrons. The van der Waals surface area contributed by atoms with E-state index in [2.05, 4.69) is 15.6 Å². The molecule has 1 amide bonds. The highest BCUT2D eigenvalue weighted by molar-refractivity contribution is 6.42. The van der Waals surface area contributed by atoms with Crippen molar-refractivity contribution in [3.05, 3.63) is 76.0 Å². The number of carbonyl (C=O) groups is 2. The Hall–Kier alpha value is -2.90. The Bertz CT molecular complexity index is 992. The number of nitrogens with zero attached hydrogens (tertiary/aromatic N) is 3. The molecule has 28 heavy (non-hydrogen) atoms. The largest absolute Gasteiger partial charge is 0.467 e. The highest BCUT2D eigenvalue weighted by Gasteiger charge is 2.24. The van der Waals surface area contributed by atoms with Crippen molar-refractivity contribution in [1.29, 1.82) is 0 Å². The van der Waals surface area contributed by atoms with Crippen LogP contribution in [0.3, 0.4) is 0 Å². The molecule has 1 N–H and O–H groups in total. The molecule has 0 saturated heterocycles. The summed E-state index contributed by atoms with van der Waals surface area (Å²) in [7, 11) is 1.27. The van der Waals surface area contributed by atoms with Crippen LogP contribution < -0.4 is 5.32 Å². The van der Waals surface area contributed by atoms with Gasteiger partial charge in [0, 0.05) is 6.42 Å². The summed E-state index contributed by atoms with van der Waals surface area (Å²) in [5, 5.41) is 11.2. The Kier molecular flexibility index (Phi) is 6.28. The van der Waals surface area contributed by atoms with Crippen molar-refractivity contribution in [3.63, 3.8) is 0 Å². The van der Waals surface area contributed by atoms with Gasteiger partial charge in [0.15, 0.2) is 5.69 Å². The molecule has 9 heteroatoms. The number of nitrogens with one attached hydrogen (secondary N) is 1. The summed E-state index contributed by atoms with van der Waals surface area (Å²) in [5.74, 6) is -1.09. The van der Waals surface area contributed by atoms with Gasteiger partial charge in [-0.25, -0.2) is 9.48 Å². The van der Waals surface area contributed by atoms with E-state index in [0.717, 1.165) is 5.56 Å². The zero-order valence-electron chi connectivity index (χ0n) is 14.8. The topological polar surface area (TPSA) is 86.1 Å². The van der Waals surface area contributed by atoms with Crippen molar-refractivity contribution >= 4 is 35.1 Å². The van der Waals surface area contributed by atoms with Gasteiger partial charge < -0.3 is 10.1 Å². The average molecular weight is 419 g/mol. The molecule has 1 unspecified atom stereocenters. The van der Waals surface area contributed by atoms with Crippen molar-refractivity contribution in [1.82, 2.24) is 20.3 Å². The minimum Gasteiger partial charge on any atom is -0.467 e. The molecular formula is C19H16Cl2N4O3. The van der Waals surface area contributed by atoms with Gasteiger partial charge in [-0.2, -0.15) is 0 Å². The molecule has 3 rings (SSSR count). The van der Waals surface area contributed by atoms with Crippen LogP contribution in [0.25, 0.3) is 5.69 Å². The smallest absolute Gasteiger partial charge is 0.328 e. The molecule has 0 aliphatic carbocycles. The maximum atomic E-state index is 12.5. The van der Waals surface area contributed by atoms with Crippen molar-refractivity contribution in [2.75, 3.05) is 7.11 Å². The van der Waals surface area contributed by atoms with Crippen molar-refractivity contribution in [2.45, 2.75) is 12.5 Å². The second-order valence-corrected chi connectivity index (χ2v) is 6.70. The van der Waals surface area contributed by atoms with Gasteiger partial charge in [-0.3, -0.25) is 4.79 Å². The SMILES string of the molecule is COC(=O)C(Cc1ccccc1)NC(=O)c1cn(-c2ccc(Cl)c(Cl)c2)nn1. The third kappa shape index (κ3) is 4.68. The van der Waals surface area contributed by atoms with E-state index in [4.69, 9.17) is 27.9 Å². The Morgan fingerprint density at radius 1 is 1.14 bits per heavy atom. The molecule has 0 saturated carbocycles. The van der Waals surface area contributed by atoms with E-state index < -0.39 is 17.9 Å². The van der Waals surface area contributed by atoms with Gasteiger partial charge in [-0.15, -0.1) is 5.10 Å². The molecule has 0 fully saturated rings. The van der Waals surface area contributed by atoms with Crippen LogP contribution in [0.4, 0.5) is 0 Å². The van der Waals surface area contributed by atoms with Gasteiger partial charge in [0.2, 0.25) is 0 Å². The molecule has 0 aliphatic heterocycles. The molecule has 0 bridgehead atoms. The summed E-state index contributed by atoms with van der Waals surface area (Å²) < 4.78 is 6.19. The van der Waals surface area contributed by atoms with Crippen LogP contribution in [-0.2, 0) is 16.0 Å². The maximum Gasteiger partial charge on any atom is 0.328 e. The minimum absolute atomic E-state index is 0.0491. The predicted molar refractivity (Wildman–Crippen MR) is 105 cm³/mol. The highest BCUT2D eigenvalue weighted by Crippen LogP contribution is 2.24. The van der Waals surface area contributed by atoms with Crippen LogP contribution in [0.5, 0.6) is 0 Å². The third-order valence-corrected chi connectivity index (χ3v) is 4.71. The van der Waals surface area contributed by atoms with Crippen molar-refractivity contribution < 1.29 is 14.3 Å². The van der Waals surface area contributed by atoms with Gasteiger partial charge in [0.05, 0.1) is 29.0 Å². The van der Waals surface area contributed by atoms with Crippen LogP contribution >= 0.6 is 23.2 Å². The van der Waals surface area contributed by atoms with E-state index in [9.17, 15) is 9.59 Å². The standard InChI is InChI=1S/C19H16Cl2N4O3/c1-28-19(27)16(9-12-5-3-2-4-6-12)22-18(26)17-11-25(24-23-17)13-7-8-14(20)15(21)10-13/h2-8,10-11,16H,9H2,1H3,(H,22,26). The van der Waals surface area contributed by atoms with E-state index in [-0.39, 0.29) is 5.69 Å². The van der Waals surface area contributed by atoms with Gasteiger partial charge in [-0.05, 0) is 23.8 Å². The second-order valence-electron chi connectivity index (χ2n) is 5.89. The number of halogens is 2. The van der Waals surface area contributed by atoms with E-state index in [1.54, 1.807) is 18.2 Å². The number of hydrogen-bond donors (Lipinski definition) is 1. The summed E-state index contributed by atoms with van der Waals surface area (Å²) >= 11 is 11.9. The minimum atomic E-state index is -0.852. The number of carbonyl (C=O) groups excluding carboxylic acids is 2. The van der Waals surface area contributed by atoms with E-state index >= 15 is 0 Å². The zero-order chi connectivity index (χ0) is 20.1. The lowest BCUT2D eigenvalue weighted by Gasteiger charge is -2.15. The van der Waals surface area contributed by atoms with Crippen molar-refractivity contribution in [2.24, 2.45) is 0 Å². The highest BCUT2D eigenvalue weighted by atomic mass is 35.5. The number of aromatic nitrogens is 3. The lowest BCUT2D eigenvalue weighted by molar-refractivity contribution is -0.142.